The molecule has 0 N–H and O–H groups in total. The van der Waals surface area contributed by atoms with E-state index < -0.39 is 18.1 Å². The first-order valence-electron chi connectivity index (χ1n) is 31.6. The van der Waals surface area contributed by atoms with Gasteiger partial charge in [-0.15, -0.1) is 29.7 Å². The number of imidazole rings is 1. The van der Waals surface area contributed by atoms with Crippen LogP contribution in [0.5, 0.6) is 11.5 Å². The zero-order valence-corrected chi connectivity index (χ0v) is 50.9. The second kappa shape index (κ2) is 20.7. The van der Waals surface area contributed by atoms with Crippen LogP contribution in [0.25, 0.3) is 139 Å². The predicted molar refractivity (Wildman–Crippen MR) is 351 cm³/mol. The summed E-state index contributed by atoms with van der Waals surface area (Å²) in [7, 11) is 0. The van der Waals surface area contributed by atoms with Crippen molar-refractivity contribution >= 4 is 54.8 Å². The molecule has 5 heterocycles. The number of hydrogen-bond donors (Lipinski definition) is 0. The molecule has 0 spiro atoms. The van der Waals surface area contributed by atoms with Crippen LogP contribution in [0.2, 0.25) is 0 Å². The summed E-state index contributed by atoms with van der Waals surface area (Å²) in [6.45, 7) is 13.3. The third kappa shape index (κ3) is 9.04. The molecule has 0 aliphatic carbocycles. The molecule has 7 heteroatoms. The zero-order valence-electron chi connectivity index (χ0n) is 53.6. The van der Waals surface area contributed by atoms with Crippen LogP contribution in [0.15, 0.2) is 247 Å². The average Bonchev–Trinajstić information content (AvgIpc) is 1.51. The number of furan rings is 1. The molecular weight excluding hydrogens is 1240 g/mol. The molecule has 0 bridgehead atoms. The Bertz CT molecular complexity index is 5530. The van der Waals surface area contributed by atoms with Crippen LogP contribution in [0, 0.1) is 18.5 Å². The van der Waals surface area contributed by atoms with E-state index in [0.717, 1.165) is 116 Å². The molecule has 6 nitrogen and oxygen atoms in total. The van der Waals surface area contributed by atoms with Crippen molar-refractivity contribution in [2.75, 3.05) is 0 Å². The molecule has 87 heavy (non-hydrogen) atoms. The summed E-state index contributed by atoms with van der Waals surface area (Å²) in [5, 5.41) is 4.05. The molecule has 11 aromatic carbocycles. The first-order valence-corrected chi connectivity index (χ1v) is 29.1. The van der Waals surface area contributed by atoms with Gasteiger partial charge in [0.2, 0.25) is 0 Å². The normalized spacial score (nSPS) is 13.0. The van der Waals surface area contributed by atoms with Crippen molar-refractivity contribution < 1.29 is 41.6 Å². The van der Waals surface area contributed by atoms with Crippen LogP contribution in [-0.4, -0.2) is 14.1 Å². The van der Waals surface area contributed by atoms with Crippen molar-refractivity contribution in [1.82, 2.24) is 14.1 Å². The molecule has 15 aromatic rings. The van der Waals surface area contributed by atoms with Crippen molar-refractivity contribution in [3.05, 3.63) is 272 Å². The number of aromatic nitrogens is 4. The summed E-state index contributed by atoms with van der Waals surface area (Å²) in [4.78, 5) is 4.92. The average molecular weight is 1310 g/mol. The molecular formula is C80H58N4O2Pt-2. The fraction of sp³-hybridized carbons (Fsp3) is 0.100. The van der Waals surface area contributed by atoms with Crippen molar-refractivity contribution in [1.29, 1.82) is 0 Å². The van der Waals surface area contributed by atoms with Crippen LogP contribution >= 0.6 is 0 Å². The van der Waals surface area contributed by atoms with Gasteiger partial charge in [0.15, 0.2) is 0 Å². The van der Waals surface area contributed by atoms with Gasteiger partial charge in [0.25, 0.3) is 6.33 Å². The maximum Gasteiger partial charge on any atom is 0.268 e. The van der Waals surface area contributed by atoms with E-state index in [1.807, 2.05) is 79.0 Å². The van der Waals surface area contributed by atoms with E-state index in [1.54, 1.807) is 0 Å². The number of fused-ring (bicyclic) bond motifs is 13. The van der Waals surface area contributed by atoms with Gasteiger partial charge in [-0.2, -0.15) is 18.2 Å². The number of rotatable bonds is 7. The Morgan fingerprint density at radius 2 is 1.15 bits per heavy atom. The maximum absolute atomic E-state index is 9.52. The molecule has 0 saturated carbocycles. The topological polar surface area (TPSA) is 49.0 Å². The first-order chi connectivity index (χ1) is 44.0. The van der Waals surface area contributed by atoms with Crippen LogP contribution in [0.1, 0.15) is 59.5 Å². The van der Waals surface area contributed by atoms with Gasteiger partial charge in [-0.3, -0.25) is 4.57 Å². The van der Waals surface area contributed by atoms with E-state index in [9.17, 15) is 2.74 Å². The molecule has 1 aliphatic heterocycles. The molecule has 422 valence electrons. The molecule has 0 atom stereocenters. The third-order valence-corrected chi connectivity index (χ3v) is 17.0. The number of pyridine rings is 1. The van der Waals surface area contributed by atoms with E-state index in [4.69, 9.17) is 18.3 Å². The van der Waals surface area contributed by atoms with Crippen molar-refractivity contribution in [2.24, 2.45) is 0 Å². The summed E-state index contributed by atoms with van der Waals surface area (Å²) in [6, 6.07) is 76.3. The Morgan fingerprint density at radius 3 is 1.95 bits per heavy atom. The third-order valence-electron chi connectivity index (χ3n) is 17.0. The summed E-state index contributed by atoms with van der Waals surface area (Å²) < 4.78 is 65.4. The molecule has 0 fully saturated rings. The minimum Gasteiger partial charge on any atom is -0.510 e. The van der Waals surface area contributed by atoms with E-state index in [2.05, 4.69) is 207 Å². The number of para-hydroxylation sites is 3. The van der Waals surface area contributed by atoms with Crippen LogP contribution in [0.4, 0.5) is 0 Å². The summed E-state index contributed by atoms with van der Waals surface area (Å²) >= 11 is 0. The van der Waals surface area contributed by atoms with Gasteiger partial charge >= 0.3 is 0 Å². The summed E-state index contributed by atoms with van der Waals surface area (Å²) in [6.07, 6.45) is 5.85. The van der Waals surface area contributed by atoms with Gasteiger partial charge in [-0.05, 0) is 142 Å². The molecule has 0 radical (unpaired) electrons. The molecule has 0 saturated heterocycles. The number of nitrogens with zero attached hydrogens (tertiary/aromatic N) is 4. The molecule has 0 amide bonds. The number of hydrogen-bond acceptors (Lipinski definition) is 3. The number of benzene rings is 11. The zero-order chi connectivity index (χ0) is 62.4. The van der Waals surface area contributed by atoms with Crippen LogP contribution in [0.3, 0.4) is 0 Å². The van der Waals surface area contributed by atoms with Crippen LogP contribution < -0.4 is 9.30 Å². The first kappa shape index (κ1) is 48.4. The Morgan fingerprint density at radius 1 is 0.483 bits per heavy atom. The van der Waals surface area contributed by atoms with Crippen molar-refractivity contribution in [2.45, 2.75) is 52.4 Å². The fourth-order valence-corrected chi connectivity index (χ4v) is 12.8. The van der Waals surface area contributed by atoms with Gasteiger partial charge in [0, 0.05) is 55.1 Å². The smallest absolute Gasteiger partial charge is 0.268 e. The SMILES string of the molecule is [2H]c1c([2H])c([2H])c(-c2cccc3c2-c2cccc(-c4ccc5oc6ccccc6c5c4)c2-[n+]2[c-]n(-c4[c-]c(Oc5[c-]c6c(cc5)c5ccccc5n6-c5cc(C(C)(C)C)ccn5)ccc4)c4cc(-c5ccc(C(C)(C)C)cc5)cc(c42)-c2ccccc2-3)c([2H])c1[2H].[Pt]. The van der Waals surface area contributed by atoms with Gasteiger partial charge < -0.3 is 18.3 Å². The van der Waals surface area contributed by atoms with Crippen molar-refractivity contribution in [3.8, 4) is 95.5 Å². The van der Waals surface area contributed by atoms with E-state index >= 15 is 0 Å². The summed E-state index contributed by atoms with van der Waals surface area (Å²) in [5.41, 5.74) is 18.1. The van der Waals surface area contributed by atoms with Crippen molar-refractivity contribution in [3.63, 3.8) is 0 Å². The Kier molecular flexibility index (Phi) is 11.5. The molecule has 16 rings (SSSR count). The summed E-state index contributed by atoms with van der Waals surface area (Å²) in [5.74, 6) is 1.76. The van der Waals surface area contributed by atoms with E-state index in [1.165, 1.54) is 11.1 Å². The van der Waals surface area contributed by atoms with Gasteiger partial charge in [0.1, 0.15) is 17.0 Å². The minimum atomic E-state index is -0.456. The Balaban J connectivity index is 0.00000702. The fourth-order valence-electron chi connectivity index (χ4n) is 12.8. The van der Waals surface area contributed by atoms with Gasteiger partial charge in [-0.1, -0.05) is 211 Å². The van der Waals surface area contributed by atoms with E-state index in [0.29, 0.717) is 28.3 Å². The van der Waals surface area contributed by atoms with E-state index in [-0.39, 0.29) is 49.5 Å². The molecule has 1 aliphatic rings. The van der Waals surface area contributed by atoms with Gasteiger partial charge in [0.05, 0.1) is 23.6 Å². The Hall–Kier alpha value is -9.87. The van der Waals surface area contributed by atoms with Gasteiger partial charge in [-0.25, -0.2) is 4.98 Å². The Labute approximate surface area is 527 Å². The number of ether oxygens (including phenoxy) is 1. The quantitative estimate of drug-likeness (QED) is 0.118. The monoisotopic (exact) mass is 1310 g/mol. The standard InChI is InChI=1S/C80H58N4O2.Pt/c1-79(2,3)54-36-33-50(34-37-54)53-44-69-62-24-11-10-23-61(62)66-29-17-27-59(51-19-8-7-9-20-51)76(66)67-30-18-28-60(52-35-40-74-68(43-52)65-26-13-15-32-73(65)86-74)77(67)83-49-82(72(45-53)78(69)83)56-21-16-22-57(47-56)85-58-38-39-64-63-25-12-14-31-70(63)84(71(64)48-58)75-46-55(41-42-81-75)80(4,5)6;/h7-46H,1-6H3;/q-2;/i7D,8D,9D,19D,20D;. The van der Waals surface area contributed by atoms with Crippen LogP contribution in [-0.2, 0) is 31.9 Å². The maximum atomic E-state index is 9.52. The predicted octanol–water partition coefficient (Wildman–Crippen LogP) is 20.4. The molecule has 4 aromatic heterocycles. The minimum absolute atomic E-state index is 0. The molecule has 0 unspecified atom stereocenters. The largest absolute Gasteiger partial charge is 0.510 e. The second-order valence-electron chi connectivity index (χ2n) is 24.4. The second-order valence-corrected chi connectivity index (χ2v) is 24.4.